The van der Waals surface area contributed by atoms with Gasteiger partial charge in [0.05, 0.1) is 6.61 Å². The lowest BCUT2D eigenvalue weighted by Gasteiger charge is -2.20. The normalized spacial score (nSPS) is 27.4. The first-order valence-corrected chi connectivity index (χ1v) is 6.15. The molecule has 2 saturated heterocycles. The highest BCUT2D eigenvalue weighted by Crippen LogP contribution is 2.04. The first-order valence-electron chi connectivity index (χ1n) is 6.15. The van der Waals surface area contributed by atoms with Gasteiger partial charge in [-0.05, 0) is 19.3 Å². The maximum Gasteiger partial charge on any atom is 0.364 e. The zero-order valence-electron chi connectivity index (χ0n) is 10.1. The summed E-state index contributed by atoms with van der Waals surface area (Å²) in [7, 11) is 0. The summed E-state index contributed by atoms with van der Waals surface area (Å²) in [6, 6.07) is 0. The van der Waals surface area contributed by atoms with Crippen LogP contribution in [0.5, 0.6) is 0 Å². The highest BCUT2D eigenvalue weighted by molar-refractivity contribution is 6.38. The number of hydrogen-bond donors (Lipinski definition) is 2. The van der Waals surface area contributed by atoms with Gasteiger partial charge in [-0.25, -0.2) is 4.79 Å². The summed E-state index contributed by atoms with van der Waals surface area (Å²) in [5.41, 5.74) is 0.268. The summed E-state index contributed by atoms with van der Waals surface area (Å²) in [6.45, 7) is 2.24. The predicted molar refractivity (Wildman–Crippen MR) is 63.0 cm³/mol. The molecule has 2 N–H and O–H groups in total. The molecule has 0 aromatic carbocycles. The van der Waals surface area contributed by atoms with Gasteiger partial charge in [-0.15, -0.1) is 0 Å². The van der Waals surface area contributed by atoms with Crippen LogP contribution < -0.4 is 10.6 Å². The lowest BCUT2D eigenvalue weighted by molar-refractivity contribution is -0.158. The third-order valence-electron chi connectivity index (χ3n) is 2.82. The number of rotatable bonds is 2. The van der Waals surface area contributed by atoms with Gasteiger partial charge in [0.2, 0.25) is 0 Å². The Balaban J connectivity index is 1.87. The molecule has 2 heterocycles. The molecule has 0 spiro atoms. The van der Waals surface area contributed by atoms with Gasteiger partial charge >= 0.3 is 5.97 Å². The van der Waals surface area contributed by atoms with E-state index in [9.17, 15) is 9.59 Å². The van der Waals surface area contributed by atoms with Gasteiger partial charge in [-0.3, -0.25) is 4.79 Å². The van der Waals surface area contributed by atoms with Crippen molar-refractivity contribution in [3.63, 3.8) is 0 Å². The van der Waals surface area contributed by atoms with E-state index in [1.807, 2.05) is 0 Å². The summed E-state index contributed by atoms with van der Waals surface area (Å²) in [6.07, 6.45) is 1.66. The molecular weight excluding hydrogens is 238 g/mol. The lowest BCUT2D eigenvalue weighted by Crippen LogP contribution is -2.43. The van der Waals surface area contributed by atoms with Gasteiger partial charge in [0.25, 0.3) is 5.91 Å². The number of nitrogens with one attached hydrogen (secondary N) is 2. The third-order valence-corrected chi connectivity index (χ3v) is 2.82. The number of nitrogens with zero attached hydrogens (tertiary/aromatic N) is 1. The fourth-order valence-electron chi connectivity index (χ4n) is 1.80. The van der Waals surface area contributed by atoms with Crippen molar-refractivity contribution >= 4 is 17.6 Å². The van der Waals surface area contributed by atoms with E-state index in [1.54, 1.807) is 0 Å². The molecule has 7 nitrogen and oxygen atoms in total. The highest BCUT2D eigenvalue weighted by atomic mass is 16.7. The molecule has 0 saturated carbocycles. The van der Waals surface area contributed by atoms with Crippen LogP contribution in [0, 0.1) is 0 Å². The Bertz CT molecular complexity index is 350. The summed E-state index contributed by atoms with van der Waals surface area (Å²) in [4.78, 5) is 27.9. The number of amides is 1. The van der Waals surface area contributed by atoms with E-state index < -0.39 is 12.1 Å². The second-order valence-electron chi connectivity index (χ2n) is 4.22. The smallest absolute Gasteiger partial charge is 0.364 e. The van der Waals surface area contributed by atoms with Crippen molar-refractivity contribution in [3.05, 3.63) is 0 Å². The van der Waals surface area contributed by atoms with E-state index in [4.69, 9.17) is 9.57 Å². The van der Waals surface area contributed by atoms with Gasteiger partial charge in [-0.1, -0.05) is 5.16 Å². The molecule has 0 aromatic heterocycles. The standard InChI is InChI=1S/C11H17N3O4/c15-10-8(3-1-2-4-13-10)14-18-11(16)9-7-12-5-6-17-9/h9,12H,1-7H2,(H,13,15). The van der Waals surface area contributed by atoms with Crippen LogP contribution in [-0.2, 0) is 19.2 Å². The van der Waals surface area contributed by atoms with E-state index in [1.165, 1.54) is 0 Å². The topological polar surface area (TPSA) is 89.0 Å². The second-order valence-corrected chi connectivity index (χ2v) is 4.22. The number of carbonyl (C=O) groups is 2. The van der Waals surface area contributed by atoms with Crippen molar-refractivity contribution in [1.29, 1.82) is 0 Å². The maximum atomic E-state index is 11.6. The Hall–Kier alpha value is -1.47. The Morgan fingerprint density at radius 1 is 1.39 bits per heavy atom. The molecule has 100 valence electrons. The zero-order valence-corrected chi connectivity index (χ0v) is 10.1. The molecule has 2 rings (SSSR count). The molecule has 0 bridgehead atoms. The molecule has 1 atom stereocenters. The van der Waals surface area contributed by atoms with Gasteiger partial charge in [0, 0.05) is 19.6 Å². The van der Waals surface area contributed by atoms with Gasteiger partial charge in [0.1, 0.15) is 5.71 Å². The molecule has 0 aliphatic carbocycles. The molecule has 2 aliphatic rings. The summed E-state index contributed by atoms with van der Waals surface area (Å²) >= 11 is 0. The Morgan fingerprint density at radius 3 is 3.06 bits per heavy atom. The summed E-state index contributed by atoms with van der Waals surface area (Å²) in [5.74, 6) is -0.824. The fourth-order valence-corrected chi connectivity index (χ4v) is 1.80. The number of oxime groups is 1. The third kappa shape index (κ3) is 3.51. The Labute approximate surface area is 105 Å². The van der Waals surface area contributed by atoms with Crippen LogP contribution in [0.2, 0.25) is 0 Å². The van der Waals surface area contributed by atoms with Crippen LogP contribution in [0.15, 0.2) is 5.16 Å². The van der Waals surface area contributed by atoms with Crippen LogP contribution in [0.25, 0.3) is 0 Å². The number of morpholine rings is 1. The van der Waals surface area contributed by atoms with E-state index >= 15 is 0 Å². The van der Waals surface area contributed by atoms with Crippen molar-refractivity contribution in [1.82, 2.24) is 10.6 Å². The first kappa shape index (κ1) is 13.0. The van der Waals surface area contributed by atoms with Gasteiger partial charge in [-0.2, -0.15) is 0 Å². The van der Waals surface area contributed by atoms with Crippen LogP contribution in [-0.4, -0.2) is 49.9 Å². The number of ether oxygens (including phenoxy) is 1. The Morgan fingerprint density at radius 2 is 2.28 bits per heavy atom. The van der Waals surface area contributed by atoms with Crippen LogP contribution >= 0.6 is 0 Å². The quantitative estimate of drug-likeness (QED) is 0.497. The second kappa shape index (κ2) is 6.46. The average molecular weight is 255 g/mol. The van der Waals surface area contributed by atoms with Crippen molar-refractivity contribution < 1.29 is 19.2 Å². The number of hydrogen-bond acceptors (Lipinski definition) is 6. The van der Waals surface area contributed by atoms with Crippen LogP contribution in [0.3, 0.4) is 0 Å². The first-order chi connectivity index (χ1) is 8.77. The van der Waals surface area contributed by atoms with E-state index in [0.29, 0.717) is 26.1 Å². The molecule has 0 aromatic rings. The maximum absolute atomic E-state index is 11.6. The highest BCUT2D eigenvalue weighted by Gasteiger charge is 2.24. The average Bonchev–Trinajstić information content (AvgIpc) is 2.62. The van der Waals surface area contributed by atoms with Crippen molar-refractivity contribution in [2.75, 3.05) is 26.2 Å². The zero-order chi connectivity index (χ0) is 12.8. The Kier molecular flexibility index (Phi) is 4.66. The van der Waals surface area contributed by atoms with E-state index in [-0.39, 0.29) is 11.6 Å². The minimum atomic E-state index is -0.642. The monoisotopic (exact) mass is 255 g/mol. The number of carbonyl (C=O) groups excluding carboxylic acids is 2. The SMILES string of the molecule is O=C1NCCCCC1=NOC(=O)C1CNCCO1. The molecule has 0 radical (unpaired) electrons. The molecular formula is C11H17N3O4. The van der Waals surface area contributed by atoms with E-state index in [2.05, 4.69) is 15.8 Å². The minimum absolute atomic E-state index is 0.261. The van der Waals surface area contributed by atoms with Crippen LogP contribution in [0.1, 0.15) is 19.3 Å². The summed E-state index contributed by atoms with van der Waals surface area (Å²) in [5, 5.41) is 9.36. The largest absolute Gasteiger partial charge is 0.364 e. The molecule has 7 heteroatoms. The molecule has 1 unspecified atom stereocenters. The fraction of sp³-hybridized carbons (Fsp3) is 0.727. The molecule has 18 heavy (non-hydrogen) atoms. The molecule has 1 amide bonds. The van der Waals surface area contributed by atoms with E-state index in [0.717, 1.165) is 19.4 Å². The van der Waals surface area contributed by atoms with Gasteiger partial charge in [0.15, 0.2) is 6.10 Å². The minimum Gasteiger partial charge on any atom is -0.364 e. The lowest BCUT2D eigenvalue weighted by atomic mass is 10.2. The summed E-state index contributed by atoms with van der Waals surface area (Å²) < 4.78 is 5.22. The predicted octanol–water partition coefficient (Wildman–Crippen LogP) is -0.826. The molecule has 2 aliphatic heterocycles. The van der Waals surface area contributed by atoms with Crippen molar-refractivity contribution in [3.8, 4) is 0 Å². The molecule has 2 fully saturated rings. The van der Waals surface area contributed by atoms with Crippen molar-refractivity contribution in [2.45, 2.75) is 25.4 Å². The van der Waals surface area contributed by atoms with Crippen molar-refractivity contribution in [2.24, 2.45) is 5.16 Å². The van der Waals surface area contributed by atoms with Gasteiger partial charge < -0.3 is 20.2 Å². The van der Waals surface area contributed by atoms with Crippen LogP contribution in [0.4, 0.5) is 0 Å².